The lowest BCUT2D eigenvalue weighted by Crippen LogP contribution is -2.39. The maximum absolute atomic E-state index is 12.9. The molecule has 0 radical (unpaired) electrons. The summed E-state index contributed by atoms with van der Waals surface area (Å²) in [5.41, 5.74) is 5.58. The van der Waals surface area contributed by atoms with Gasteiger partial charge in [0.1, 0.15) is 5.60 Å². The lowest BCUT2D eigenvalue weighted by Gasteiger charge is -2.27. The first-order valence-electron chi connectivity index (χ1n) is 8.63. The van der Waals surface area contributed by atoms with Crippen molar-refractivity contribution in [1.29, 1.82) is 0 Å². The van der Waals surface area contributed by atoms with Crippen molar-refractivity contribution in [2.24, 2.45) is 11.7 Å². The average Bonchev–Trinajstić information content (AvgIpc) is 3.10. The molecule has 0 unspecified atom stereocenters. The van der Waals surface area contributed by atoms with Crippen LogP contribution in [0.25, 0.3) is 0 Å². The topological polar surface area (TPSA) is 89.7 Å². The molecule has 1 aromatic rings. The Labute approximate surface area is 147 Å². The molecule has 1 aromatic carbocycles. The summed E-state index contributed by atoms with van der Waals surface area (Å²) in [4.78, 5) is 38.4. The van der Waals surface area contributed by atoms with Crippen LogP contribution < -0.4 is 5.73 Å². The Hall–Kier alpha value is -2.37. The van der Waals surface area contributed by atoms with E-state index in [1.165, 1.54) is 0 Å². The number of fused-ring (bicyclic) bond motifs is 2. The van der Waals surface area contributed by atoms with Gasteiger partial charge in [0.2, 0.25) is 5.91 Å². The van der Waals surface area contributed by atoms with Crippen LogP contribution in [0.4, 0.5) is 0 Å². The number of ether oxygens (including phenoxy) is 1. The van der Waals surface area contributed by atoms with E-state index in [1.807, 2.05) is 25.7 Å². The molecule has 2 saturated heterocycles. The summed E-state index contributed by atoms with van der Waals surface area (Å²) in [6.07, 6.45) is 2.39. The summed E-state index contributed by atoms with van der Waals surface area (Å²) in [6, 6.07) is 6.30. The van der Waals surface area contributed by atoms with Gasteiger partial charge in [0.25, 0.3) is 5.91 Å². The molecule has 2 fully saturated rings. The molecule has 25 heavy (non-hydrogen) atoms. The summed E-state index contributed by atoms with van der Waals surface area (Å²) in [6.45, 7) is 5.55. The van der Waals surface area contributed by atoms with Crippen LogP contribution in [-0.2, 0) is 9.53 Å². The van der Waals surface area contributed by atoms with Gasteiger partial charge in [0, 0.05) is 23.2 Å². The predicted molar refractivity (Wildman–Crippen MR) is 91.9 cm³/mol. The molecule has 0 aliphatic carbocycles. The number of benzene rings is 1. The zero-order valence-corrected chi connectivity index (χ0v) is 14.8. The number of hydrogen-bond donors (Lipinski definition) is 1. The summed E-state index contributed by atoms with van der Waals surface area (Å²) >= 11 is 0. The van der Waals surface area contributed by atoms with Crippen LogP contribution in [0.15, 0.2) is 24.3 Å². The first-order valence-corrected chi connectivity index (χ1v) is 8.63. The quantitative estimate of drug-likeness (QED) is 0.851. The smallest absolute Gasteiger partial charge is 0.311 e. The van der Waals surface area contributed by atoms with Crippen molar-refractivity contribution >= 4 is 17.8 Å². The molecule has 2 aliphatic rings. The van der Waals surface area contributed by atoms with Crippen LogP contribution in [0, 0.1) is 5.92 Å². The highest BCUT2D eigenvalue weighted by Crippen LogP contribution is 2.43. The van der Waals surface area contributed by atoms with Gasteiger partial charge in [-0.25, -0.2) is 0 Å². The van der Waals surface area contributed by atoms with Crippen molar-refractivity contribution in [3.8, 4) is 0 Å². The Morgan fingerprint density at radius 2 is 1.68 bits per heavy atom. The fraction of sp³-hybridized carbons (Fsp3) is 0.526. The second-order valence-electron chi connectivity index (χ2n) is 7.83. The number of nitrogens with zero attached hydrogens (tertiary/aromatic N) is 1. The zero-order valence-electron chi connectivity index (χ0n) is 14.8. The fourth-order valence-corrected chi connectivity index (χ4v) is 3.86. The minimum Gasteiger partial charge on any atom is -0.460 e. The van der Waals surface area contributed by atoms with Crippen LogP contribution in [-0.4, -0.2) is 40.4 Å². The Morgan fingerprint density at radius 1 is 1.08 bits per heavy atom. The highest BCUT2D eigenvalue weighted by atomic mass is 16.6. The van der Waals surface area contributed by atoms with Gasteiger partial charge in [-0.2, -0.15) is 0 Å². The van der Waals surface area contributed by atoms with E-state index < -0.39 is 11.5 Å². The second kappa shape index (κ2) is 6.17. The van der Waals surface area contributed by atoms with E-state index in [0.717, 1.165) is 12.8 Å². The maximum atomic E-state index is 12.9. The molecule has 2 N–H and O–H groups in total. The minimum atomic E-state index is -0.529. The molecule has 3 atom stereocenters. The van der Waals surface area contributed by atoms with Crippen LogP contribution >= 0.6 is 0 Å². The molecule has 6 nitrogen and oxygen atoms in total. The van der Waals surface area contributed by atoms with Gasteiger partial charge >= 0.3 is 5.97 Å². The number of esters is 1. The van der Waals surface area contributed by atoms with Gasteiger partial charge in [-0.05, 0) is 64.3 Å². The van der Waals surface area contributed by atoms with Crippen LogP contribution in [0.2, 0.25) is 0 Å². The number of carbonyl (C=O) groups is 3. The van der Waals surface area contributed by atoms with Crippen molar-refractivity contribution in [3.05, 3.63) is 35.4 Å². The molecular formula is C19H24N2O4. The minimum absolute atomic E-state index is 0.0748. The molecule has 2 amide bonds. The lowest BCUT2D eigenvalue weighted by molar-refractivity contribution is -0.160. The molecule has 3 rings (SSSR count). The Bertz CT molecular complexity index is 705. The van der Waals surface area contributed by atoms with E-state index in [1.54, 1.807) is 24.3 Å². The molecule has 0 saturated carbocycles. The number of nitrogens with two attached hydrogens (primary N) is 1. The summed E-state index contributed by atoms with van der Waals surface area (Å²) in [7, 11) is 0. The Morgan fingerprint density at radius 3 is 2.24 bits per heavy atom. The van der Waals surface area contributed by atoms with E-state index in [-0.39, 0.29) is 29.9 Å². The average molecular weight is 344 g/mol. The summed E-state index contributed by atoms with van der Waals surface area (Å²) in [5, 5.41) is 0. The van der Waals surface area contributed by atoms with Gasteiger partial charge in [-0.3, -0.25) is 14.4 Å². The van der Waals surface area contributed by atoms with E-state index in [0.29, 0.717) is 17.5 Å². The standard InChI is InChI=1S/C19H24N2O4/c1-19(2,3)25-18(24)14-10-13-8-9-15(14)21(13)17(23)12-6-4-11(5-7-12)16(20)22/h4-7,13-15H,8-10H2,1-3H3,(H2,20,22)/t13-,14-,15-/m1/s1. The molecular weight excluding hydrogens is 320 g/mol. The second-order valence-corrected chi connectivity index (χ2v) is 7.83. The first kappa shape index (κ1) is 17.5. The fourth-order valence-electron chi connectivity index (χ4n) is 3.86. The summed E-state index contributed by atoms with van der Waals surface area (Å²) < 4.78 is 5.52. The number of carbonyl (C=O) groups excluding carboxylic acids is 3. The van der Waals surface area contributed by atoms with Crippen molar-refractivity contribution < 1.29 is 19.1 Å². The van der Waals surface area contributed by atoms with Crippen molar-refractivity contribution in [2.45, 2.75) is 57.7 Å². The Balaban J connectivity index is 1.76. The maximum Gasteiger partial charge on any atom is 0.311 e. The van der Waals surface area contributed by atoms with E-state index >= 15 is 0 Å². The van der Waals surface area contributed by atoms with Crippen molar-refractivity contribution in [2.75, 3.05) is 0 Å². The van der Waals surface area contributed by atoms with Crippen LogP contribution in [0.1, 0.15) is 60.7 Å². The highest BCUT2D eigenvalue weighted by molar-refractivity contribution is 5.98. The molecule has 0 spiro atoms. The van der Waals surface area contributed by atoms with Crippen LogP contribution in [0.3, 0.4) is 0 Å². The third kappa shape index (κ3) is 3.38. The van der Waals surface area contributed by atoms with Crippen LogP contribution in [0.5, 0.6) is 0 Å². The van der Waals surface area contributed by atoms with Gasteiger partial charge in [0.05, 0.1) is 5.92 Å². The van der Waals surface area contributed by atoms with E-state index in [2.05, 4.69) is 0 Å². The number of primary amides is 1. The first-order chi connectivity index (χ1) is 11.7. The van der Waals surface area contributed by atoms with Crippen molar-refractivity contribution in [3.63, 3.8) is 0 Å². The largest absolute Gasteiger partial charge is 0.460 e. The van der Waals surface area contributed by atoms with Gasteiger partial charge in [-0.15, -0.1) is 0 Å². The Kier molecular flexibility index (Phi) is 4.31. The molecule has 6 heteroatoms. The van der Waals surface area contributed by atoms with Crippen molar-refractivity contribution in [1.82, 2.24) is 4.90 Å². The zero-order chi connectivity index (χ0) is 18.4. The molecule has 2 heterocycles. The van der Waals surface area contributed by atoms with Gasteiger partial charge in [0.15, 0.2) is 0 Å². The number of hydrogen-bond acceptors (Lipinski definition) is 4. The van der Waals surface area contributed by atoms with E-state index in [4.69, 9.17) is 10.5 Å². The van der Waals surface area contributed by atoms with Gasteiger partial charge < -0.3 is 15.4 Å². The molecule has 0 aromatic heterocycles. The molecule has 2 aliphatic heterocycles. The predicted octanol–water partition coefficient (Wildman–Crippen LogP) is 2.12. The third-order valence-electron chi connectivity index (χ3n) is 4.90. The third-order valence-corrected chi connectivity index (χ3v) is 4.90. The number of rotatable bonds is 3. The molecule has 2 bridgehead atoms. The molecule has 134 valence electrons. The SMILES string of the molecule is CC(C)(C)OC(=O)[C@@H]1C[C@H]2CC[C@H]1N2C(=O)c1ccc(C(N)=O)cc1. The normalized spacial score (nSPS) is 25.1. The summed E-state index contributed by atoms with van der Waals surface area (Å²) in [5.74, 6) is -1.10. The number of amides is 2. The monoisotopic (exact) mass is 344 g/mol. The van der Waals surface area contributed by atoms with Gasteiger partial charge in [-0.1, -0.05) is 0 Å². The highest BCUT2D eigenvalue weighted by Gasteiger charge is 2.52. The van der Waals surface area contributed by atoms with E-state index in [9.17, 15) is 14.4 Å². The lowest BCUT2D eigenvalue weighted by atomic mass is 9.89.